The largest absolute Gasteiger partial charge is 0.391 e. The molecule has 4 heteroatoms. The maximum absolute atomic E-state index is 9.56. The minimum Gasteiger partial charge on any atom is -0.391 e. The minimum absolute atomic E-state index is 0.233. The molecule has 0 amide bonds. The SMILES string of the molecule is Cc1ccc(N2CCCC(O)C2)nc1N. The molecule has 2 rings (SSSR count). The number of nitrogen functional groups attached to an aromatic ring is 1. The number of aliphatic hydroxyl groups excluding tert-OH is 1. The molecule has 1 aromatic rings. The summed E-state index contributed by atoms with van der Waals surface area (Å²) in [7, 11) is 0. The number of hydrogen-bond acceptors (Lipinski definition) is 4. The zero-order valence-corrected chi connectivity index (χ0v) is 8.98. The fourth-order valence-corrected chi connectivity index (χ4v) is 1.87. The van der Waals surface area contributed by atoms with Crippen molar-refractivity contribution in [2.45, 2.75) is 25.9 Å². The monoisotopic (exact) mass is 207 g/mol. The maximum Gasteiger partial charge on any atom is 0.131 e. The molecule has 82 valence electrons. The van der Waals surface area contributed by atoms with Gasteiger partial charge in [0.15, 0.2) is 0 Å². The van der Waals surface area contributed by atoms with Crippen LogP contribution in [0, 0.1) is 6.92 Å². The zero-order valence-electron chi connectivity index (χ0n) is 8.98. The number of piperidine rings is 1. The molecule has 1 aliphatic heterocycles. The highest BCUT2D eigenvalue weighted by Crippen LogP contribution is 2.20. The van der Waals surface area contributed by atoms with Crippen molar-refractivity contribution in [2.75, 3.05) is 23.7 Å². The summed E-state index contributed by atoms with van der Waals surface area (Å²) in [6.07, 6.45) is 1.66. The van der Waals surface area contributed by atoms with E-state index >= 15 is 0 Å². The van der Waals surface area contributed by atoms with E-state index in [1.54, 1.807) is 0 Å². The van der Waals surface area contributed by atoms with E-state index in [1.165, 1.54) is 0 Å². The Bertz CT molecular complexity index is 354. The molecular weight excluding hydrogens is 190 g/mol. The standard InChI is InChI=1S/C11H17N3O/c1-8-4-5-10(13-11(8)12)14-6-2-3-9(15)7-14/h4-5,9,15H,2-3,6-7H2,1H3,(H2,12,13). The fraction of sp³-hybridized carbons (Fsp3) is 0.545. The molecule has 1 aliphatic rings. The number of rotatable bonds is 1. The minimum atomic E-state index is -0.233. The molecule has 0 aliphatic carbocycles. The normalized spacial score (nSPS) is 21.7. The van der Waals surface area contributed by atoms with Gasteiger partial charge in [0.05, 0.1) is 6.10 Å². The Balaban J connectivity index is 2.18. The van der Waals surface area contributed by atoms with Crippen molar-refractivity contribution >= 4 is 11.6 Å². The summed E-state index contributed by atoms with van der Waals surface area (Å²) in [5, 5.41) is 9.56. The molecule has 15 heavy (non-hydrogen) atoms. The first-order valence-corrected chi connectivity index (χ1v) is 5.33. The van der Waals surface area contributed by atoms with Crippen molar-refractivity contribution in [1.29, 1.82) is 0 Å². The van der Waals surface area contributed by atoms with Gasteiger partial charge in [-0.3, -0.25) is 0 Å². The third-order valence-corrected chi connectivity index (χ3v) is 2.84. The average Bonchev–Trinajstić information content (AvgIpc) is 2.22. The van der Waals surface area contributed by atoms with Crippen molar-refractivity contribution in [2.24, 2.45) is 0 Å². The highest BCUT2D eigenvalue weighted by molar-refractivity contribution is 5.49. The summed E-state index contributed by atoms with van der Waals surface area (Å²) in [5.74, 6) is 1.45. The van der Waals surface area contributed by atoms with Crippen LogP contribution in [0.3, 0.4) is 0 Å². The van der Waals surface area contributed by atoms with Crippen LogP contribution < -0.4 is 10.6 Å². The summed E-state index contributed by atoms with van der Waals surface area (Å²) < 4.78 is 0. The molecule has 1 saturated heterocycles. The number of hydrogen-bond donors (Lipinski definition) is 2. The molecule has 1 aromatic heterocycles. The quantitative estimate of drug-likeness (QED) is 0.719. The van der Waals surface area contributed by atoms with Crippen molar-refractivity contribution in [3.63, 3.8) is 0 Å². The molecule has 2 heterocycles. The molecule has 1 fully saturated rings. The number of nitrogens with zero attached hydrogens (tertiary/aromatic N) is 2. The molecule has 4 nitrogen and oxygen atoms in total. The highest BCUT2D eigenvalue weighted by atomic mass is 16.3. The third kappa shape index (κ3) is 2.21. The summed E-state index contributed by atoms with van der Waals surface area (Å²) >= 11 is 0. The molecule has 1 unspecified atom stereocenters. The van der Waals surface area contributed by atoms with Gasteiger partial charge in [0, 0.05) is 13.1 Å². The Hall–Kier alpha value is -1.29. The Morgan fingerprint density at radius 3 is 3.00 bits per heavy atom. The number of aromatic nitrogens is 1. The van der Waals surface area contributed by atoms with Crippen molar-refractivity contribution in [3.8, 4) is 0 Å². The van der Waals surface area contributed by atoms with Gasteiger partial charge in [-0.15, -0.1) is 0 Å². The Kier molecular flexibility index (Phi) is 2.77. The number of aliphatic hydroxyl groups is 1. The van der Waals surface area contributed by atoms with Crippen LogP contribution in [0.2, 0.25) is 0 Å². The second-order valence-corrected chi connectivity index (χ2v) is 4.11. The van der Waals surface area contributed by atoms with Gasteiger partial charge in [0.25, 0.3) is 0 Å². The lowest BCUT2D eigenvalue weighted by Gasteiger charge is -2.31. The fourth-order valence-electron chi connectivity index (χ4n) is 1.87. The van der Waals surface area contributed by atoms with Crippen LogP contribution in [-0.2, 0) is 0 Å². The Labute approximate surface area is 89.7 Å². The summed E-state index contributed by atoms with van der Waals surface area (Å²) in [6, 6.07) is 3.93. The van der Waals surface area contributed by atoms with Crippen LogP contribution in [0.5, 0.6) is 0 Å². The maximum atomic E-state index is 9.56. The van der Waals surface area contributed by atoms with Crippen LogP contribution in [-0.4, -0.2) is 29.3 Å². The van der Waals surface area contributed by atoms with Gasteiger partial charge in [-0.2, -0.15) is 0 Å². The number of β-amino-alcohol motifs (C(OH)–C–C–N with tert-alkyl or cyclic N) is 1. The van der Waals surface area contributed by atoms with Crippen LogP contribution in [0.1, 0.15) is 18.4 Å². The summed E-state index contributed by atoms with van der Waals surface area (Å²) in [6.45, 7) is 3.55. The predicted molar refractivity (Wildman–Crippen MR) is 60.8 cm³/mol. The van der Waals surface area contributed by atoms with E-state index in [-0.39, 0.29) is 6.10 Å². The molecule has 0 saturated carbocycles. The molecule has 0 radical (unpaired) electrons. The van der Waals surface area contributed by atoms with Crippen molar-refractivity contribution in [1.82, 2.24) is 4.98 Å². The lowest BCUT2D eigenvalue weighted by Crippen LogP contribution is -2.38. The van der Waals surface area contributed by atoms with Gasteiger partial charge in [-0.1, -0.05) is 6.07 Å². The first-order chi connectivity index (χ1) is 7.16. The average molecular weight is 207 g/mol. The lowest BCUT2D eigenvalue weighted by atomic mass is 10.1. The van der Waals surface area contributed by atoms with Gasteiger partial charge in [-0.05, 0) is 31.4 Å². The van der Waals surface area contributed by atoms with Crippen LogP contribution in [0.15, 0.2) is 12.1 Å². The summed E-state index contributed by atoms with van der Waals surface area (Å²) in [5.41, 5.74) is 6.76. The predicted octanol–water partition coefficient (Wildman–Crippen LogP) is 0.933. The van der Waals surface area contributed by atoms with Gasteiger partial charge in [0.1, 0.15) is 11.6 Å². The first kappa shape index (κ1) is 10.2. The molecular formula is C11H17N3O. The number of aryl methyl sites for hydroxylation is 1. The third-order valence-electron chi connectivity index (χ3n) is 2.84. The Morgan fingerprint density at radius 1 is 1.53 bits per heavy atom. The van der Waals surface area contributed by atoms with Crippen LogP contribution in [0.25, 0.3) is 0 Å². The Morgan fingerprint density at radius 2 is 2.33 bits per heavy atom. The van der Waals surface area contributed by atoms with Gasteiger partial charge in [0.2, 0.25) is 0 Å². The van der Waals surface area contributed by atoms with Crippen LogP contribution >= 0.6 is 0 Å². The molecule has 0 bridgehead atoms. The van der Waals surface area contributed by atoms with E-state index in [0.29, 0.717) is 12.4 Å². The first-order valence-electron chi connectivity index (χ1n) is 5.33. The zero-order chi connectivity index (χ0) is 10.8. The second-order valence-electron chi connectivity index (χ2n) is 4.11. The van der Waals surface area contributed by atoms with Gasteiger partial charge < -0.3 is 15.7 Å². The molecule has 0 aromatic carbocycles. The van der Waals surface area contributed by atoms with Crippen LogP contribution in [0.4, 0.5) is 11.6 Å². The number of nitrogens with two attached hydrogens (primary N) is 1. The number of anilines is 2. The van der Waals surface area contributed by atoms with E-state index in [2.05, 4.69) is 9.88 Å². The molecule has 0 spiro atoms. The topological polar surface area (TPSA) is 62.4 Å². The van der Waals surface area contributed by atoms with E-state index < -0.39 is 0 Å². The lowest BCUT2D eigenvalue weighted by molar-refractivity contribution is 0.154. The van der Waals surface area contributed by atoms with Crippen molar-refractivity contribution in [3.05, 3.63) is 17.7 Å². The van der Waals surface area contributed by atoms with E-state index in [4.69, 9.17) is 5.73 Å². The molecule has 1 atom stereocenters. The smallest absolute Gasteiger partial charge is 0.131 e. The van der Waals surface area contributed by atoms with Gasteiger partial charge >= 0.3 is 0 Å². The molecule has 3 N–H and O–H groups in total. The second kappa shape index (κ2) is 4.06. The van der Waals surface area contributed by atoms with Gasteiger partial charge in [-0.25, -0.2) is 4.98 Å². The number of pyridine rings is 1. The summed E-state index contributed by atoms with van der Waals surface area (Å²) in [4.78, 5) is 6.41. The van der Waals surface area contributed by atoms with E-state index in [9.17, 15) is 5.11 Å². The highest BCUT2D eigenvalue weighted by Gasteiger charge is 2.18. The van der Waals surface area contributed by atoms with E-state index in [1.807, 2.05) is 19.1 Å². The van der Waals surface area contributed by atoms with E-state index in [0.717, 1.165) is 30.8 Å². The van der Waals surface area contributed by atoms with Crippen molar-refractivity contribution < 1.29 is 5.11 Å².